The molecule has 0 amide bonds. The summed E-state index contributed by atoms with van der Waals surface area (Å²) in [5, 5.41) is 10.1. The molecule has 0 bridgehead atoms. The number of fused-ring (bicyclic) bond motifs is 1. The monoisotopic (exact) mass is 247 g/mol. The van der Waals surface area contributed by atoms with Crippen LogP contribution in [0.1, 0.15) is 30.9 Å². The van der Waals surface area contributed by atoms with E-state index in [1.807, 2.05) is 24.3 Å². The first-order chi connectivity index (χ1) is 8.77. The van der Waals surface area contributed by atoms with Crippen LogP contribution in [0.5, 0.6) is 0 Å². The molecule has 1 aromatic carbocycles. The van der Waals surface area contributed by atoms with Gasteiger partial charge in [-0.05, 0) is 18.9 Å². The smallest absolute Gasteiger partial charge is 0.328 e. The summed E-state index contributed by atoms with van der Waals surface area (Å²) in [5.74, 6) is -0.138. The molecular weight excluding hydrogens is 230 g/mol. The molecule has 0 aromatic heterocycles. The Morgan fingerprint density at radius 3 is 2.89 bits per heavy atom. The zero-order valence-electron chi connectivity index (χ0n) is 10.2. The maximum atomic E-state index is 11.8. The van der Waals surface area contributed by atoms with E-state index in [4.69, 9.17) is 4.74 Å². The van der Waals surface area contributed by atoms with Gasteiger partial charge in [0.25, 0.3) is 0 Å². The van der Waals surface area contributed by atoms with Crippen molar-refractivity contribution in [1.82, 2.24) is 0 Å². The molecule has 3 rings (SSSR count). The van der Waals surface area contributed by atoms with Gasteiger partial charge < -0.3 is 14.7 Å². The molecule has 2 aliphatic heterocycles. The maximum absolute atomic E-state index is 11.8. The first-order valence-corrected chi connectivity index (χ1v) is 6.47. The van der Waals surface area contributed by atoms with Crippen molar-refractivity contribution >= 4 is 11.7 Å². The van der Waals surface area contributed by atoms with Crippen LogP contribution in [0.15, 0.2) is 24.3 Å². The molecule has 0 aliphatic carbocycles. The summed E-state index contributed by atoms with van der Waals surface area (Å²) in [6.45, 7) is 1.30. The largest absolute Gasteiger partial charge is 0.464 e. The molecule has 2 heterocycles. The quantitative estimate of drug-likeness (QED) is 0.766. The van der Waals surface area contributed by atoms with Gasteiger partial charge in [-0.2, -0.15) is 0 Å². The van der Waals surface area contributed by atoms with Crippen molar-refractivity contribution in [1.29, 1.82) is 0 Å². The third-order valence-corrected chi connectivity index (χ3v) is 3.77. The molecule has 1 saturated heterocycles. The lowest BCUT2D eigenvalue weighted by Gasteiger charge is -2.28. The summed E-state index contributed by atoms with van der Waals surface area (Å²) in [6.07, 6.45) is 1.95. The molecule has 4 heteroatoms. The molecule has 18 heavy (non-hydrogen) atoms. The minimum atomic E-state index is -0.427. The molecule has 2 unspecified atom stereocenters. The van der Waals surface area contributed by atoms with E-state index < -0.39 is 6.10 Å². The third kappa shape index (κ3) is 1.86. The van der Waals surface area contributed by atoms with E-state index in [1.165, 1.54) is 0 Å². The summed E-state index contributed by atoms with van der Waals surface area (Å²) < 4.78 is 5.06. The average molecular weight is 247 g/mol. The molecule has 4 nitrogen and oxygen atoms in total. The normalized spacial score (nSPS) is 27.6. The Morgan fingerprint density at radius 1 is 1.28 bits per heavy atom. The van der Waals surface area contributed by atoms with Crippen molar-refractivity contribution in [3.8, 4) is 0 Å². The molecule has 0 saturated carbocycles. The van der Waals surface area contributed by atoms with Crippen molar-refractivity contribution in [3.05, 3.63) is 29.8 Å². The van der Waals surface area contributed by atoms with Crippen molar-refractivity contribution in [2.75, 3.05) is 18.1 Å². The van der Waals surface area contributed by atoms with Crippen LogP contribution in [0.3, 0.4) is 0 Å². The van der Waals surface area contributed by atoms with Crippen molar-refractivity contribution in [3.63, 3.8) is 0 Å². The van der Waals surface area contributed by atoms with Gasteiger partial charge in [0.2, 0.25) is 0 Å². The SMILES string of the molecule is O=C1OCCC1N1CCCC(O)c2ccccc21. The van der Waals surface area contributed by atoms with Gasteiger partial charge in [0.05, 0.1) is 12.7 Å². The minimum absolute atomic E-state index is 0.138. The molecule has 2 atom stereocenters. The highest BCUT2D eigenvalue weighted by molar-refractivity contribution is 5.82. The maximum Gasteiger partial charge on any atom is 0.328 e. The zero-order chi connectivity index (χ0) is 12.5. The molecule has 1 aromatic rings. The van der Waals surface area contributed by atoms with Crippen molar-refractivity contribution in [2.24, 2.45) is 0 Å². The van der Waals surface area contributed by atoms with E-state index >= 15 is 0 Å². The number of aliphatic hydroxyl groups excluding tert-OH is 1. The topological polar surface area (TPSA) is 49.8 Å². The number of benzene rings is 1. The lowest BCUT2D eigenvalue weighted by Crippen LogP contribution is -2.39. The van der Waals surface area contributed by atoms with Gasteiger partial charge in [-0.3, -0.25) is 0 Å². The molecule has 0 spiro atoms. The van der Waals surface area contributed by atoms with Crippen LogP contribution in [-0.2, 0) is 9.53 Å². The van der Waals surface area contributed by atoms with Gasteiger partial charge in [0, 0.05) is 24.2 Å². The highest BCUT2D eigenvalue weighted by Crippen LogP contribution is 2.35. The van der Waals surface area contributed by atoms with Crippen LogP contribution >= 0.6 is 0 Å². The summed E-state index contributed by atoms with van der Waals surface area (Å²) in [6, 6.07) is 7.62. The second kappa shape index (κ2) is 4.61. The van der Waals surface area contributed by atoms with Crippen molar-refractivity contribution < 1.29 is 14.6 Å². The number of rotatable bonds is 1. The zero-order valence-corrected chi connectivity index (χ0v) is 10.2. The second-order valence-electron chi connectivity index (χ2n) is 4.88. The van der Waals surface area contributed by atoms with Crippen LogP contribution in [0.25, 0.3) is 0 Å². The Labute approximate surface area is 106 Å². The van der Waals surface area contributed by atoms with Crippen LogP contribution < -0.4 is 4.90 Å². The predicted octanol–water partition coefficient (Wildman–Crippen LogP) is 1.64. The minimum Gasteiger partial charge on any atom is -0.464 e. The van der Waals surface area contributed by atoms with Crippen LogP contribution in [0, 0.1) is 0 Å². The van der Waals surface area contributed by atoms with Gasteiger partial charge >= 0.3 is 5.97 Å². The lowest BCUT2D eigenvalue weighted by molar-refractivity contribution is -0.139. The fraction of sp³-hybridized carbons (Fsp3) is 0.500. The number of cyclic esters (lactones) is 1. The predicted molar refractivity (Wildman–Crippen MR) is 67.3 cm³/mol. The molecule has 2 aliphatic rings. The van der Waals surface area contributed by atoms with Crippen LogP contribution in [0.4, 0.5) is 5.69 Å². The van der Waals surface area contributed by atoms with E-state index in [0.29, 0.717) is 6.61 Å². The van der Waals surface area contributed by atoms with Crippen LogP contribution in [0.2, 0.25) is 0 Å². The molecule has 0 radical (unpaired) electrons. The Balaban J connectivity index is 1.99. The highest BCUT2D eigenvalue weighted by atomic mass is 16.5. The number of carbonyl (C=O) groups is 1. The van der Waals surface area contributed by atoms with Gasteiger partial charge in [-0.1, -0.05) is 18.2 Å². The van der Waals surface area contributed by atoms with E-state index in [-0.39, 0.29) is 12.0 Å². The standard InChI is InChI=1S/C14H17NO3/c16-13-6-3-8-15(12-7-9-18-14(12)17)11-5-2-1-4-10(11)13/h1-2,4-5,12-13,16H,3,6-9H2. The van der Waals surface area contributed by atoms with E-state index in [0.717, 1.165) is 37.1 Å². The molecule has 1 N–H and O–H groups in total. The summed E-state index contributed by atoms with van der Waals surface area (Å²) in [4.78, 5) is 13.8. The van der Waals surface area contributed by atoms with Gasteiger partial charge in [0.1, 0.15) is 6.04 Å². The number of para-hydroxylation sites is 1. The number of esters is 1. The molecular formula is C14H17NO3. The van der Waals surface area contributed by atoms with Gasteiger partial charge in [-0.15, -0.1) is 0 Å². The number of aliphatic hydroxyl groups is 1. The fourth-order valence-electron chi connectivity index (χ4n) is 2.85. The van der Waals surface area contributed by atoms with E-state index in [9.17, 15) is 9.90 Å². The van der Waals surface area contributed by atoms with E-state index in [1.54, 1.807) is 0 Å². The first-order valence-electron chi connectivity index (χ1n) is 6.47. The van der Waals surface area contributed by atoms with Gasteiger partial charge in [0.15, 0.2) is 0 Å². The summed E-state index contributed by atoms with van der Waals surface area (Å²) in [7, 11) is 0. The molecule has 1 fully saturated rings. The number of hydrogen-bond acceptors (Lipinski definition) is 4. The average Bonchev–Trinajstić information content (AvgIpc) is 2.73. The summed E-state index contributed by atoms with van der Waals surface area (Å²) >= 11 is 0. The number of carbonyl (C=O) groups excluding carboxylic acids is 1. The number of nitrogens with zero attached hydrogens (tertiary/aromatic N) is 1. The Morgan fingerprint density at radius 2 is 2.11 bits per heavy atom. The Hall–Kier alpha value is -1.55. The lowest BCUT2D eigenvalue weighted by atomic mass is 10.0. The van der Waals surface area contributed by atoms with Crippen molar-refractivity contribution in [2.45, 2.75) is 31.4 Å². The third-order valence-electron chi connectivity index (χ3n) is 3.77. The van der Waals surface area contributed by atoms with Crippen LogP contribution in [-0.4, -0.2) is 30.3 Å². The number of hydrogen-bond donors (Lipinski definition) is 1. The number of ether oxygens (including phenoxy) is 1. The summed E-state index contributed by atoms with van der Waals surface area (Å²) in [5.41, 5.74) is 1.90. The Kier molecular flexibility index (Phi) is 2.96. The Bertz CT molecular complexity index is 460. The fourth-order valence-corrected chi connectivity index (χ4v) is 2.85. The van der Waals surface area contributed by atoms with E-state index in [2.05, 4.69) is 4.90 Å². The number of anilines is 1. The first kappa shape index (κ1) is 11.5. The highest BCUT2D eigenvalue weighted by Gasteiger charge is 2.35. The van der Waals surface area contributed by atoms with Gasteiger partial charge in [-0.25, -0.2) is 4.79 Å². The second-order valence-corrected chi connectivity index (χ2v) is 4.88. The molecule has 96 valence electrons.